The van der Waals surface area contributed by atoms with Crippen molar-refractivity contribution in [3.63, 3.8) is 0 Å². The lowest BCUT2D eigenvalue weighted by molar-refractivity contribution is -0.135. The van der Waals surface area contributed by atoms with Gasteiger partial charge in [0, 0.05) is 32.7 Å². The Hall–Kier alpha value is -1.92. The number of amides is 3. The lowest BCUT2D eigenvalue weighted by atomic mass is 9.85. The summed E-state index contributed by atoms with van der Waals surface area (Å²) in [7, 11) is 4.04. The Labute approximate surface area is 181 Å². The topological polar surface area (TPSA) is 47.1 Å². The second-order valence-electron chi connectivity index (χ2n) is 9.51. The average molecular weight is 415 g/mol. The molecule has 3 amide bonds. The predicted molar refractivity (Wildman–Crippen MR) is 120 cm³/mol. The van der Waals surface area contributed by atoms with Crippen LogP contribution in [0.2, 0.25) is 0 Å². The van der Waals surface area contributed by atoms with E-state index in [4.69, 9.17) is 0 Å². The third kappa shape index (κ3) is 5.03. The summed E-state index contributed by atoms with van der Waals surface area (Å²) in [6.07, 6.45) is 3.07. The quantitative estimate of drug-likeness (QED) is 0.583. The van der Waals surface area contributed by atoms with Crippen molar-refractivity contribution in [2.24, 2.45) is 5.92 Å². The van der Waals surface area contributed by atoms with Gasteiger partial charge < -0.3 is 14.7 Å². The van der Waals surface area contributed by atoms with Crippen molar-refractivity contribution in [2.45, 2.75) is 45.1 Å². The van der Waals surface area contributed by atoms with Gasteiger partial charge in [-0.05, 0) is 57.8 Å². The number of nitrogens with zero attached hydrogens (tertiary/aromatic N) is 4. The smallest absolute Gasteiger partial charge is 0.309 e. The molecular formula is C24H38N4O2. The van der Waals surface area contributed by atoms with Gasteiger partial charge in [0.25, 0.3) is 5.91 Å². The summed E-state index contributed by atoms with van der Waals surface area (Å²) in [6, 6.07) is 10.2. The maximum Gasteiger partial charge on any atom is 0.327 e. The van der Waals surface area contributed by atoms with Gasteiger partial charge in [-0.15, -0.1) is 0 Å². The number of hydrogen-bond donors (Lipinski definition) is 0. The van der Waals surface area contributed by atoms with Gasteiger partial charge in [-0.25, -0.2) is 4.79 Å². The highest BCUT2D eigenvalue weighted by atomic mass is 16.2. The summed E-state index contributed by atoms with van der Waals surface area (Å²) in [5, 5.41) is 0. The summed E-state index contributed by atoms with van der Waals surface area (Å²) in [5.74, 6) is 0.639. The van der Waals surface area contributed by atoms with Crippen LogP contribution >= 0.6 is 0 Å². The Morgan fingerprint density at radius 1 is 1.03 bits per heavy atom. The monoisotopic (exact) mass is 414 g/mol. The van der Waals surface area contributed by atoms with Gasteiger partial charge in [-0.1, -0.05) is 44.2 Å². The molecule has 0 unspecified atom stereocenters. The molecule has 1 spiro atoms. The number of piperidine rings is 1. The van der Waals surface area contributed by atoms with E-state index in [1.54, 1.807) is 0 Å². The van der Waals surface area contributed by atoms with Crippen molar-refractivity contribution in [3.8, 4) is 0 Å². The molecule has 0 aliphatic carbocycles. The van der Waals surface area contributed by atoms with Crippen LogP contribution in [0, 0.1) is 5.92 Å². The zero-order chi connectivity index (χ0) is 21.7. The molecule has 1 aromatic rings. The maximum atomic E-state index is 13.6. The number of likely N-dealkylation sites (tertiary alicyclic amines) is 1. The van der Waals surface area contributed by atoms with Gasteiger partial charge >= 0.3 is 6.03 Å². The Morgan fingerprint density at radius 3 is 2.30 bits per heavy atom. The number of hydrogen-bond acceptors (Lipinski definition) is 4. The summed E-state index contributed by atoms with van der Waals surface area (Å²) in [6.45, 7) is 9.25. The van der Waals surface area contributed by atoms with E-state index >= 15 is 0 Å². The predicted octanol–water partition coefficient (Wildman–Crippen LogP) is 2.94. The van der Waals surface area contributed by atoms with Gasteiger partial charge in [0.2, 0.25) is 0 Å². The first-order valence-corrected chi connectivity index (χ1v) is 11.4. The minimum atomic E-state index is -0.655. The first-order chi connectivity index (χ1) is 14.3. The van der Waals surface area contributed by atoms with Crippen molar-refractivity contribution in [3.05, 3.63) is 35.9 Å². The molecule has 6 nitrogen and oxygen atoms in total. The van der Waals surface area contributed by atoms with Crippen molar-refractivity contribution in [1.29, 1.82) is 0 Å². The van der Waals surface area contributed by atoms with E-state index in [9.17, 15) is 9.59 Å². The highest BCUT2D eigenvalue weighted by molar-refractivity contribution is 6.07. The first-order valence-electron chi connectivity index (χ1n) is 11.4. The molecule has 0 N–H and O–H groups in total. The fourth-order valence-corrected chi connectivity index (χ4v) is 4.83. The zero-order valence-electron chi connectivity index (χ0n) is 19.1. The molecule has 30 heavy (non-hydrogen) atoms. The van der Waals surface area contributed by atoms with Gasteiger partial charge in [0.1, 0.15) is 5.54 Å². The van der Waals surface area contributed by atoms with E-state index < -0.39 is 5.54 Å². The minimum Gasteiger partial charge on any atom is -0.309 e. The van der Waals surface area contributed by atoms with E-state index in [1.807, 2.05) is 37.2 Å². The molecule has 0 atom stereocenters. The molecule has 0 saturated carbocycles. The SMILES string of the molecule is CC(C)CN1CCC2(CC1)C(=O)N(CCCN(C)C)C(=O)N2CCc1ccccc1. The molecule has 0 bridgehead atoms. The van der Waals surface area contributed by atoms with Gasteiger partial charge in [0.15, 0.2) is 0 Å². The van der Waals surface area contributed by atoms with Crippen molar-refractivity contribution >= 4 is 11.9 Å². The normalized spacial score (nSPS) is 19.7. The van der Waals surface area contributed by atoms with Crippen LogP contribution in [0.5, 0.6) is 0 Å². The molecule has 0 aromatic heterocycles. The third-order valence-corrected chi connectivity index (χ3v) is 6.38. The van der Waals surface area contributed by atoms with Crippen LogP contribution in [0.1, 0.15) is 38.7 Å². The Morgan fingerprint density at radius 2 is 1.70 bits per heavy atom. The molecule has 2 saturated heterocycles. The van der Waals surface area contributed by atoms with Crippen LogP contribution in [0.3, 0.4) is 0 Å². The molecular weight excluding hydrogens is 376 g/mol. The van der Waals surface area contributed by atoms with Crippen molar-refractivity contribution in [2.75, 3.05) is 53.4 Å². The second kappa shape index (κ2) is 9.92. The fraction of sp³-hybridized carbons (Fsp3) is 0.667. The number of benzene rings is 1. The molecule has 6 heteroatoms. The van der Waals surface area contributed by atoms with Crippen LogP contribution in [0.25, 0.3) is 0 Å². The lowest BCUT2D eigenvalue weighted by Crippen LogP contribution is -2.57. The maximum absolute atomic E-state index is 13.6. The van der Waals surface area contributed by atoms with E-state index in [0.717, 1.165) is 51.9 Å². The fourth-order valence-electron chi connectivity index (χ4n) is 4.83. The van der Waals surface area contributed by atoms with Crippen molar-refractivity contribution < 1.29 is 9.59 Å². The van der Waals surface area contributed by atoms with Crippen LogP contribution in [-0.2, 0) is 11.2 Å². The molecule has 2 heterocycles. The second-order valence-corrected chi connectivity index (χ2v) is 9.51. The van der Waals surface area contributed by atoms with Crippen LogP contribution in [0.4, 0.5) is 4.79 Å². The van der Waals surface area contributed by atoms with E-state index in [1.165, 1.54) is 10.5 Å². The lowest BCUT2D eigenvalue weighted by Gasteiger charge is -2.42. The summed E-state index contributed by atoms with van der Waals surface area (Å²) >= 11 is 0. The van der Waals surface area contributed by atoms with Crippen LogP contribution in [0.15, 0.2) is 30.3 Å². The molecule has 166 valence electrons. The third-order valence-electron chi connectivity index (χ3n) is 6.38. The van der Waals surface area contributed by atoms with Gasteiger partial charge in [-0.3, -0.25) is 9.69 Å². The number of urea groups is 1. The number of carbonyl (C=O) groups is 2. The Balaban J connectivity index is 1.75. The molecule has 2 fully saturated rings. The van der Waals surface area contributed by atoms with Gasteiger partial charge in [-0.2, -0.15) is 0 Å². The summed E-state index contributed by atoms with van der Waals surface area (Å²) in [4.78, 5) is 34.9. The molecule has 2 aliphatic heterocycles. The average Bonchev–Trinajstić information content (AvgIpc) is 2.89. The van der Waals surface area contributed by atoms with Gasteiger partial charge in [0.05, 0.1) is 0 Å². The number of imide groups is 1. The molecule has 3 rings (SSSR count). The van der Waals surface area contributed by atoms with E-state index in [2.05, 4.69) is 35.8 Å². The highest BCUT2D eigenvalue weighted by Gasteiger charge is 2.57. The highest BCUT2D eigenvalue weighted by Crippen LogP contribution is 2.37. The number of carbonyl (C=O) groups excluding carboxylic acids is 2. The van der Waals surface area contributed by atoms with Crippen molar-refractivity contribution in [1.82, 2.24) is 19.6 Å². The standard InChI is InChI=1S/C24H38N4O2/c1-20(2)19-26-17-12-24(13-18-26)22(29)27(15-8-14-25(3)4)23(30)28(24)16-11-21-9-6-5-7-10-21/h5-7,9-10,20H,8,11-19H2,1-4H3. The van der Waals surface area contributed by atoms with Crippen LogP contribution in [-0.4, -0.2) is 90.4 Å². The summed E-state index contributed by atoms with van der Waals surface area (Å²) < 4.78 is 0. The van der Waals surface area contributed by atoms with E-state index in [-0.39, 0.29) is 11.9 Å². The van der Waals surface area contributed by atoms with E-state index in [0.29, 0.717) is 19.0 Å². The minimum absolute atomic E-state index is 0.0310. The molecule has 1 aromatic carbocycles. The molecule has 2 aliphatic rings. The zero-order valence-corrected chi connectivity index (χ0v) is 19.1. The van der Waals surface area contributed by atoms with Crippen LogP contribution < -0.4 is 0 Å². The molecule has 0 radical (unpaired) electrons. The first kappa shape index (κ1) is 22.8. The summed E-state index contributed by atoms with van der Waals surface area (Å²) in [5.41, 5.74) is 0.550. The Kier molecular flexibility index (Phi) is 7.53. The largest absolute Gasteiger partial charge is 0.327 e. The Bertz CT molecular complexity index is 711. The number of rotatable bonds is 9.